The van der Waals surface area contributed by atoms with Crippen molar-refractivity contribution < 1.29 is 0 Å². The Labute approximate surface area is 92.8 Å². The third kappa shape index (κ3) is 2.26. The second kappa shape index (κ2) is 4.42. The molecule has 82 valence electrons. The van der Waals surface area contributed by atoms with Gasteiger partial charge < -0.3 is 5.32 Å². The molecule has 1 unspecified atom stereocenters. The lowest BCUT2D eigenvalue weighted by Crippen LogP contribution is -2.62. The number of hydrogen-bond donors (Lipinski definition) is 2. The van der Waals surface area contributed by atoms with Crippen LogP contribution in [0.1, 0.15) is 39.0 Å². The van der Waals surface area contributed by atoms with Crippen LogP contribution in [0.25, 0.3) is 0 Å². The molecule has 1 atom stereocenters. The Balaban J connectivity index is 1.97. The number of hydrogen-bond acceptors (Lipinski definition) is 3. The molecule has 1 aliphatic carbocycles. The van der Waals surface area contributed by atoms with Crippen molar-refractivity contribution in [2.24, 2.45) is 0 Å². The monoisotopic (exact) mass is 214 g/mol. The Morgan fingerprint density at radius 3 is 2.64 bits per heavy atom. The first kappa shape index (κ1) is 10.8. The Morgan fingerprint density at radius 2 is 2.00 bits per heavy atom. The van der Waals surface area contributed by atoms with E-state index in [-0.39, 0.29) is 0 Å². The molecule has 0 aromatic heterocycles. The zero-order valence-electron chi connectivity index (χ0n) is 9.13. The average Bonchev–Trinajstić information content (AvgIpc) is 2.19. The van der Waals surface area contributed by atoms with E-state index < -0.39 is 0 Å². The third-order valence-corrected chi connectivity index (χ3v) is 4.07. The molecule has 1 saturated heterocycles. The highest BCUT2D eigenvalue weighted by Crippen LogP contribution is 2.31. The summed E-state index contributed by atoms with van der Waals surface area (Å²) in [5, 5.41) is 4.16. The number of nitrogens with zero attached hydrogens (tertiary/aromatic N) is 1. The first-order valence-electron chi connectivity index (χ1n) is 5.89. The van der Waals surface area contributed by atoms with E-state index in [1.807, 2.05) is 0 Å². The van der Waals surface area contributed by atoms with Gasteiger partial charge in [0.05, 0.1) is 5.37 Å². The van der Waals surface area contributed by atoms with Gasteiger partial charge in [-0.25, -0.2) is 0 Å². The fraction of sp³-hybridized carbons (Fsp3) is 1.00. The summed E-state index contributed by atoms with van der Waals surface area (Å²) in [7, 11) is 0. The second-order valence-corrected chi connectivity index (χ2v) is 5.62. The van der Waals surface area contributed by atoms with E-state index in [0.717, 1.165) is 13.1 Å². The van der Waals surface area contributed by atoms with Crippen molar-refractivity contribution in [3.63, 3.8) is 0 Å². The zero-order chi connectivity index (χ0) is 10.0. The second-order valence-electron chi connectivity index (χ2n) is 4.87. The van der Waals surface area contributed by atoms with Crippen molar-refractivity contribution in [1.29, 1.82) is 0 Å². The lowest BCUT2D eigenvalue weighted by Gasteiger charge is -2.47. The number of piperazine rings is 1. The molecular formula is C11H22N2S. The summed E-state index contributed by atoms with van der Waals surface area (Å²) < 4.78 is 0. The first-order valence-corrected chi connectivity index (χ1v) is 6.41. The van der Waals surface area contributed by atoms with Gasteiger partial charge in [0.15, 0.2) is 0 Å². The van der Waals surface area contributed by atoms with E-state index in [0.29, 0.717) is 10.9 Å². The van der Waals surface area contributed by atoms with Crippen LogP contribution in [-0.4, -0.2) is 35.4 Å². The maximum absolute atomic E-state index is 4.54. The van der Waals surface area contributed by atoms with Gasteiger partial charge in [0.2, 0.25) is 0 Å². The molecule has 0 bridgehead atoms. The molecule has 0 radical (unpaired) electrons. The molecule has 2 rings (SSSR count). The van der Waals surface area contributed by atoms with Gasteiger partial charge in [0.25, 0.3) is 0 Å². The van der Waals surface area contributed by atoms with Gasteiger partial charge in [-0.15, -0.1) is 0 Å². The van der Waals surface area contributed by atoms with Gasteiger partial charge in [-0.2, -0.15) is 12.6 Å². The number of nitrogens with one attached hydrogen (secondary N) is 1. The summed E-state index contributed by atoms with van der Waals surface area (Å²) in [6, 6.07) is 0. The van der Waals surface area contributed by atoms with Crippen LogP contribution in [0.15, 0.2) is 0 Å². The summed E-state index contributed by atoms with van der Waals surface area (Å²) in [6.45, 7) is 5.69. The van der Waals surface area contributed by atoms with E-state index in [9.17, 15) is 0 Å². The third-order valence-electron chi connectivity index (χ3n) is 3.74. The molecule has 1 saturated carbocycles. The molecular weight excluding hydrogens is 192 g/mol. The largest absolute Gasteiger partial charge is 0.309 e. The summed E-state index contributed by atoms with van der Waals surface area (Å²) >= 11 is 4.54. The predicted octanol–water partition coefficient (Wildman–Crippen LogP) is 1.87. The lowest BCUT2D eigenvalue weighted by molar-refractivity contribution is 0.0961. The van der Waals surface area contributed by atoms with Crippen molar-refractivity contribution >= 4 is 12.6 Å². The van der Waals surface area contributed by atoms with Crippen molar-refractivity contribution in [1.82, 2.24) is 10.2 Å². The maximum atomic E-state index is 4.54. The maximum Gasteiger partial charge on any atom is 0.0500 e. The van der Waals surface area contributed by atoms with Gasteiger partial charge >= 0.3 is 0 Å². The Kier molecular flexibility index (Phi) is 3.40. The van der Waals surface area contributed by atoms with Gasteiger partial charge in [0, 0.05) is 25.2 Å². The van der Waals surface area contributed by atoms with Crippen LogP contribution < -0.4 is 5.32 Å². The zero-order valence-corrected chi connectivity index (χ0v) is 10.0. The highest BCUT2D eigenvalue weighted by molar-refractivity contribution is 7.80. The van der Waals surface area contributed by atoms with Crippen LogP contribution in [-0.2, 0) is 0 Å². The minimum atomic E-state index is 0.413. The summed E-state index contributed by atoms with van der Waals surface area (Å²) in [6.07, 6.45) is 6.97. The van der Waals surface area contributed by atoms with Crippen LogP contribution in [0.3, 0.4) is 0 Å². The van der Waals surface area contributed by atoms with Crippen molar-refractivity contribution in [3.8, 4) is 0 Å². The normalized spacial score (nSPS) is 30.4. The molecule has 0 aromatic rings. The topological polar surface area (TPSA) is 15.3 Å². The molecule has 2 nitrogen and oxygen atoms in total. The summed E-state index contributed by atoms with van der Waals surface area (Å²) in [5.41, 5.74) is 0.438. The molecule has 1 aliphatic heterocycles. The fourth-order valence-electron chi connectivity index (χ4n) is 2.87. The highest BCUT2D eigenvalue weighted by atomic mass is 32.1. The molecule has 1 N–H and O–H groups in total. The molecule has 2 fully saturated rings. The van der Waals surface area contributed by atoms with Gasteiger partial charge in [-0.1, -0.05) is 19.3 Å². The molecule has 14 heavy (non-hydrogen) atoms. The number of thiol groups is 1. The quantitative estimate of drug-likeness (QED) is 0.648. The van der Waals surface area contributed by atoms with E-state index >= 15 is 0 Å². The molecule has 0 amide bonds. The van der Waals surface area contributed by atoms with Gasteiger partial charge in [-0.05, 0) is 19.8 Å². The van der Waals surface area contributed by atoms with E-state index in [1.165, 1.54) is 38.6 Å². The molecule has 2 aliphatic rings. The van der Waals surface area contributed by atoms with Gasteiger partial charge in [-0.3, -0.25) is 4.90 Å². The van der Waals surface area contributed by atoms with E-state index in [1.54, 1.807) is 0 Å². The number of rotatable bonds is 1. The predicted molar refractivity (Wildman–Crippen MR) is 63.8 cm³/mol. The van der Waals surface area contributed by atoms with Crippen molar-refractivity contribution in [2.45, 2.75) is 49.9 Å². The van der Waals surface area contributed by atoms with E-state index in [2.05, 4.69) is 29.8 Å². The van der Waals surface area contributed by atoms with Crippen LogP contribution in [0.2, 0.25) is 0 Å². The fourth-order valence-corrected chi connectivity index (χ4v) is 3.07. The Morgan fingerprint density at radius 1 is 1.29 bits per heavy atom. The minimum Gasteiger partial charge on any atom is -0.309 e. The van der Waals surface area contributed by atoms with Crippen LogP contribution in [0, 0.1) is 0 Å². The van der Waals surface area contributed by atoms with Crippen molar-refractivity contribution in [2.75, 3.05) is 19.6 Å². The summed E-state index contributed by atoms with van der Waals surface area (Å²) in [4.78, 5) is 2.50. The minimum absolute atomic E-state index is 0.413. The average molecular weight is 214 g/mol. The highest BCUT2D eigenvalue weighted by Gasteiger charge is 2.36. The molecule has 1 heterocycles. The van der Waals surface area contributed by atoms with Gasteiger partial charge in [0.1, 0.15) is 0 Å². The molecule has 0 aromatic carbocycles. The first-order chi connectivity index (χ1) is 6.72. The van der Waals surface area contributed by atoms with Crippen LogP contribution in [0.5, 0.6) is 0 Å². The van der Waals surface area contributed by atoms with E-state index in [4.69, 9.17) is 0 Å². The van der Waals surface area contributed by atoms with Crippen LogP contribution in [0.4, 0.5) is 0 Å². The SMILES string of the molecule is CC(S)N1CCNC2(CCCCC2)C1. The Hall–Kier alpha value is 0.270. The van der Waals surface area contributed by atoms with Crippen LogP contribution >= 0.6 is 12.6 Å². The molecule has 1 spiro atoms. The molecule has 3 heteroatoms. The summed E-state index contributed by atoms with van der Waals surface area (Å²) in [5.74, 6) is 0. The standard InChI is InChI=1S/C11H22N2S/c1-10(14)13-8-7-12-11(9-13)5-3-2-4-6-11/h10,12,14H,2-9H2,1H3. The Bertz CT molecular complexity index is 182. The lowest BCUT2D eigenvalue weighted by atomic mass is 9.80. The smallest absolute Gasteiger partial charge is 0.0500 e. The van der Waals surface area contributed by atoms with Crippen molar-refractivity contribution in [3.05, 3.63) is 0 Å².